The molecule has 2 aliphatic rings. The molecule has 156 valence electrons. The zero-order valence-electron chi connectivity index (χ0n) is 17.1. The van der Waals surface area contributed by atoms with Crippen molar-refractivity contribution in [2.75, 3.05) is 33.4 Å². The Bertz CT molecular complexity index is 872. The highest BCUT2D eigenvalue weighted by molar-refractivity contribution is 7.21. The molecule has 4 rings (SSSR count). The van der Waals surface area contributed by atoms with Crippen molar-refractivity contribution in [1.82, 2.24) is 10.2 Å². The standard InChI is InChI=1S/C23H30N2O3S/c1-28-13-11-24-23(27)22-21(18-8-4-5-9-19(18)29-22)17-10-12-25(15-17)20(26)14-16-6-2-3-7-16/h4-5,8-9,16-17H,2-3,6-7,10-15H2,1H3,(H,24,27). The van der Waals surface area contributed by atoms with Gasteiger partial charge in [-0.05, 0) is 42.2 Å². The van der Waals surface area contributed by atoms with E-state index in [-0.39, 0.29) is 11.8 Å². The lowest BCUT2D eigenvalue weighted by Crippen LogP contribution is -2.30. The second-order valence-corrected chi connectivity index (χ2v) is 9.32. The SMILES string of the molecule is COCCNC(=O)c1sc2ccccc2c1C1CCN(C(=O)CC2CCCC2)C1. The molecule has 2 heterocycles. The average Bonchev–Trinajstić information content (AvgIpc) is 3.46. The minimum atomic E-state index is -0.0333. The van der Waals surface area contributed by atoms with E-state index >= 15 is 0 Å². The van der Waals surface area contributed by atoms with Gasteiger partial charge in [0.1, 0.15) is 0 Å². The summed E-state index contributed by atoms with van der Waals surface area (Å²) >= 11 is 1.56. The molecular weight excluding hydrogens is 384 g/mol. The summed E-state index contributed by atoms with van der Waals surface area (Å²) in [5.41, 5.74) is 1.12. The summed E-state index contributed by atoms with van der Waals surface area (Å²) in [6, 6.07) is 8.23. The topological polar surface area (TPSA) is 58.6 Å². The number of hydrogen-bond acceptors (Lipinski definition) is 4. The molecule has 1 N–H and O–H groups in total. The van der Waals surface area contributed by atoms with Crippen LogP contribution in [0.25, 0.3) is 10.1 Å². The van der Waals surface area contributed by atoms with E-state index in [1.165, 1.54) is 25.7 Å². The summed E-state index contributed by atoms with van der Waals surface area (Å²) < 4.78 is 6.19. The Morgan fingerprint density at radius 1 is 1.21 bits per heavy atom. The molecule has 0 bridgehead atoms. The zero-order valence-corrected chi connectivity index (χ0v) is 17.9. The Hall–Kier alpha value is -1.92. The number of likely N-dealkylation sites (tertiary alicyclic amines) is 1. The second-order valence-electron chi connectivity index (χ2n) is 8.27. The Kier molecular flexibility index (Phi) is 6.50. The number of fused-ring (bicyclic) bond motifs is 1. The third kappa shape index (κ3) is 4.48. The van der Waals surface area contributed by atoms with Gasteiger partial charge in [0.2, 0.25) is 5.91 Å². The van der Waals surface area contributed by atoms with E-state index in [0.717, 1.165) is 40.0 Å². The summed E-state index contributed by atoms with van der Waals surface area (Å²) in [7, 11) is 1.63. The number of thiophene rings is 1. The highest BCUT2D eigenvalue weighted by atomic mass is 32.1. The molecule has 2 amide bonds. The summed E-state index contributed by atoms with van der Waals surface area (Å²) in [5, 5.41) is 4.13. The molecule has 2 fully saturated rings. The fraction of sp³-hybridized carbons (Fsp3) is 0.565. The average molecular weight is 415 g/mol. The van der Waals surface area contributed by atoms with Crippen molar-refractivity contribution < 1.29 is 14.3 Å². The number of methoxy groups -OCH3 is 1. The number of benzene rings is 1. The molecule has 1 aliphatic carbocycles. The summed E-state index contributed by atoms with van der Waals surface area (Å²) in [5.74, 6) is 1.06. The number of amides is 2. The van der Waals surface area contributed by atoms with Gasteiger partial charge in [-0.1, -0.05) is 31.0 Å². The number of nitrogens with one attached hydrogen (secondary N) is 1. The molecule has 1 aromatic carbocycles. The second kappa shape index (κ2) is 9.26. The lowest BCUT2D eigenvalue weighted by Gasteiger charge is -2.19. The van der Waals surface area contributed by atoms with E-state index in [2.05, 4.69) is 17.4 Å². The van der Waals surface area contributed by atoms with Gasteiger partial charge < -0.3 is 15.0 Å². The number of carbonyl (C=O) groups is 2. The highest BCUT2D eigenvalue weighted by Crippen LogP contribution is 2.40. The third-order valence-corrected chi connectivity index (χ3v) is 7.50. The van der Waals surface area contributed by atoms with E-state index in [0.29, 0.717) is 31.4 Å². The molecule has 1 aliphatic heterocycles. The Morgan fingerprint density at radius 3 is 2.79 bits per heavy atom. The van der Waals surface area contributed by atoms with E-state index in [1.807, 2.05) is 17.0 Å². The maximum atomic E-state index is 12.9. The monoisotopic (exact) mass is 414 g/mol. The number of rotatable bonds is 7. The predicted octanol–water partition coefficient (Wildman–Crippen LogP) is 4.17. The largest absolute Gasteiger partial charge is 0.383 e. The van der Waals surface area contributed by atoms with Crippen LogP contribution in [-0.4, -0.2) is 50.1 Å². The Morgan fingerprint density at radius 2 is 2.00 bits per heavy atom. The quantitative estimate of drug-likeness (QED) is 0.692. The minimum absolute atomic E-state index is 0.0333. The summed E-state index contributed by atoms with van der Waals surface area (Å²) in [6.07, 6.45) is 6.55. The number of ether oxygens (including phenoxy) is 1. The van der Waals surface area contributed by atoms with Crippen molar-refractivity contribution in [3.63, 3.8) is 0 Å². The number of hydrogen-bond donors (Lipinski definition) is 1. The van der Waals surface area contributed by atoms with Crippen LogP contribution in [0.3, 0.4) is 0 Å². The third-order valence-electron chi connectivity index (χ3n) is 6.32. The van der Waals surface area contributed by atoms with Crippen LogP contribution in [0.15, 0.2) is 24.3 Å². The molecule has 1 saturated heterocycles. The smallest absolute Gasteiger partial charge is 0.261 e. The van der Waals surface area contributed by atoms with Crippen LogP contribution in [-0.2, 0) is 9.53 Å². The van der Waals surface area contributed by atoms with E-state index in [4.69, 9.17) is 4.74 Å². The maximum Gasteiger partial charge on any atom is 0.261 e. The number of nitrogens with zero attached hydrogens (tertiary/aromatic N) is 1. The fourth-order valence-corrected chi connectivity index (χ4v) is 6.01. The molecule has 0 spiro atoms. The fourth-order valence-electron chi connectivity index (χ4n) is 4.80. The van der Waals surface area contributed by atoms with Gasteiger partial charge in [-0.2, -0.15) is 0 Å². The molecule has 0 radical (unpaired) electrons. The van der Waals surface area contributed by atoms with Crippen LogP contribution in [0, 0.1) is 5.92 Å². The molecule has 5 nitrogen and oxygen atoms in total. The van der Waals surface area contributed by atoms with E-state index in [9.17, 15) is 9.59 Å². The van der Waals surface area contributed by atoms with E-state index < -0.39 is 0 Å². The van der Waals surface area contributed by atoms with Gasteiger partial charge in [-0.3, -0.25) is 9.59 Å². The van der Waals surface area contributed by atoms with Crippen molar-refractivity contribution in [1.29, 1.82) is 0 Å². The lowest BCUT2D eigenvalue weighted by molar-refractivity contribution is -0.131. The van der Waals surface area contributed by atoms with Crippen LogP contribution < -0.4 is 5.32 Å². The molecule has 1 unspecified atom stereocenters. The van der Waals surface area contributed by atoms with Gasteiger partial charge in [-0.15, -0.1) is 11.3 Å². The summed E-state index contributed by atoms with van der Waals surface area (Å²) in [4.78, 5) is 28.5. The molecule has 29 heavy (non-hydrogen) atoms. The first-order chi connectivity index (χ1) is 14.2. The van der Waals surface area contributed by atoms with Gasteiger partial charge >= 0.3 is 0 Å². The molecule has 6 heteroatoms. The van der Waals surface area contributed by atoms with Crippen molar-refractivity contribution in [3.05, 3.63) is 34.7 Å². The first kappa shape index (κ1) is 20.4. The zero-order chi connectivity index (χ0) is 20.2. The molecule has 1 aromatic heterocycles. The summed E-state index contributed by atoms with van der Waals surface area (Å²) in [6.45, 7) is 2.52. The van der Waals surface area contributed by atoms with Crippen molar-refractivity contribution >= 4 is 33.2 Å². The van der Waals surface area contributed by atoms with E-state index in [1.54, 1.807) is 18.4 Å². The van der Waals surface area contributed by atoms with Crippen LogP contribution in [0.4, 0.5) is 0 Å². The Balaban J connectivity index is 1.52. The number of carbonyl (C=O) groups excluding carboxylic acids is 2. The first-order valence-electron chi connectivity index (χ1n) is 10.7. The van der Waals surface area contributed by atoms with Gasteiger partial charge in [-0.25, -0.2) is 0 Å². The highest BCUT2D eigenvalue weighted by Gasteiger charge is 2.33. The van der Waals surface area contributed by atoms with Gasteiger partial charge in [0.25, 0.3) is 5.91 Å². The molecule has 2 aromatic rings. The van der Waals surface area contributed by atoms with Gasteiger partial charge in [0, 0.05) is 43.8 Å². The van der Waals surface area contributed by atoms with Crippen LogP contribution in [0.2, 0.25) is 0 Å². The van der Waals surface area contributed by atoms with Crippen molar-refractivity contribution in [2.45, 2.75) is 44.4 Å². The predicted molar refractivity (Wildman–Crippen MR) is 117 cm³/mol. The maximum absolute atomic E-state index is 12.9. The first-order valence-corrected chi connectivity index (χ1v) is 11.6. The van der Waals surface area contributed by atoms with Crippen LogP contribution in [0.5, 0.6) is 0 Å². The van der Waals surface area contributed by atoms with Crippen LogP contribution in [0.1, 0.15) is 59.7 Å². The minimum Gasteiger partial charge on any atom is -0.383 e. The van der Waals surface area contributed by atoms with Crippen molar-refractivity contribution in [3.8, 4) is 0 Å². The van der Waals surface area contributed by atoms with Crippen LogP contribution >= 0.6 is 11.3 Å². The Labute approximate surface area is 176 Å². The van der Waals surface area contributed by atoms with Crippen molar-refractivity contribution in [2.24, 2.45) is 5.92 Å². The normalized spacial score (nSPS) is 19.9. The lowest BCUT2D eigenvalue weighted by atomic mass is 9.95. The molecular formula is C23H30N2O3S. The molecule has 1 atom stereocenters. The van der Waals surface area contributed by atoms with Gasteiger partial charge in [0.15, 0.2) is 0 Å². The van der Waals surface area contributed by atoms with Gasteiger partial charge in [0.05, 0.1) is 11.5 Å². The molecule has 1 saturated carbocycles.